The maximum atomic E-state index is 13.0. The van der Waals surface area contributed by atoms with Crippen LogP contribution in [-0.2, 0) is 19.1 Å². The van der Waals surface area contributed by atoms with Crippen LogP contribution in [-0.4, -0.2) is 76.2 Å². The monoisotopic (exact) mass is 356 g/mol. The number of aliphatic carboxylic acids is 1. The summed E-state index contributed by atoms with van der Waals surface area (Å²) < 4.78 is 5.11. The van der Waals surface area contributed by atoms with Crippen molar-refractivity contribution >= 4 is 29.5 Å². The maximum Gasteiger partial charge on any atom is 0.313 e. The zero-order chi connectivity index (χ0) is 17.5. The fraction of sp³-hybridized carbons (Fsp3) is 0.812. The van der Waals surface area contributed by atoms with E-state index in [0.717, 1.165) is 6.42 Å². The first-order valence-corrected chi connectivity index (χ1v) is 9.29. The van der Waals surface area contributed by atoms with Crippen LogP contribution in [0.2, 0.25) is 0 Å². The molecule has 0 spiro atoms. The number of hydrogen-bond acceptors (Lipinski definition) is 5. The molecule has 7 nitrogen and oxygen atoms in total. The molecule has 0 aromatic carbocycles. The number of hydrogen-bond donors (Lipinski definition) is 1. The van der Waals surface area contributed by atoms with Gasteiger partial charge in [0, 0.05) is 32.4 Å². The second kappa shape index (κ2) is 6.22. The number of carboxylic acid groups (broad SMARTS) is 1. The van der Waals surface area contributed by atoms with Crippen molar-refractivity contribution in [3.05, 3.63) is 0 Å². The standard InChI is InChI=1S/C16H24N2O5S/c1-15-6-4-12(19)18(15)11(8-24-15)13(20)17-7-3-5-16(9-17,10-23-2)14(21)22/h11H,3-10H2,1-2H3,(H,21,22). The zero-order valence-corrected chi connectivity index (χ0v) is 14.9. The molecule has 8 heteroatoms. The maximum absolute atomic E-state index is 13.0. The number of rotatable bonds is 4. The third-order valence-corrected chi connectivity index (χ3v) is 7.00. The van der Waals surface area contributed by atoms with E-state index in [2.05, 4.69) is 0 Å². The first-order chi connectivity index (χ1) is 11.3. The minimum atomic E-state index is -1.05. The number of likely N-dealkylation sites (tertiary alicyclic amines) is 1. The van der Waals surface area contributed by atoms with Crippen LogP contribution in [0.25, 0.3) is 0 Å². The van der Waals surface area contributed by atoms with Crippen LogP contribution >= 0.6 is 11.8 Å². The van der Waals surface area contributed by atoms with Gasteiger partial charge in [-0.05, 0) is 26.2 Å². The van der Waals surface area contributed by atoms with Crippen LogP contribution in [0.4, 0.5) is 0 Å². The van der Waals surface area contributed by atoms with Crippen LogP contribution in [0.3, 0.4) is 0 Å². The molecule has 0 aliphatic carbocycles. The van der Waals surface area contributed by atoms with Gasteiger partial charge in [0.25, 0.3) is 0 Å². The third-order valence-electron chi connectivity index (χ3n) is 5.49. The number of nitrogens with zero attached hydrogens (tertiary/aromatic N) is 2. The Labute approximate surface area is 145 Å². The van der Waals surface area contributed by atoms with E-state index in [1.54, 1.807) is 21.6 Å². The van der Waals surface area contributed by atoms with E-state index >= 15 is 0 Å². The molecule has 3 heterocycles. The van der Waals surface area contributed by atoms with Gasteiger partial charge in [-0.25, -0.2) is 0 Å². The second-order valence-electron chi connectivity index (χ2n) is 7.15. The van der Waals surface area contributed by atoms with Gasteiger partial charge in [-0.3, -0.25) is 14.4 Å². The van der Waals surface area contributed by atoms with Crippen molar-refractivity contribution < 1.29 is 24.2 Å². The smallest absolute Gasteiger partial charge is 0.313 e. The van der Waals surface area contributed by atoms with Gasteiger partial charge in [0.05, 0.1) is 11.5 Å². The average Bonchev–Trinajstić information content (AvgIpc) is 3.04. The molecule has 3 rings (SSSR count). The van der Waals surface area contributed by atoms with E-state index in [9.17, 15) is 19.5 Å². The number of carbonyl (C=O) groups excluding carboxylic acids is 2. The summed E-state index contributed by atoms with van der Waals surface area (Å²) in [5.74, 6) is -0.436. The number of carboxylic acids is 1. The van der Waals surface area contributed by atoms with E-state index in [4.69, 9.17) is 4.74 Å². The van der Waals surface area contributed by atoms with Gasteiger partial charge in [0.1, 0.15) is 11.5 Å². The summed E-state index contributed by atoms with van der Waals surface area (Å²) in [4.78, 5) is 40.1. The van der Waals surface area contributed by atoms with Crippen LogP contribution < -0.4 is 0 Å². The van der Waals surface area contributed by atoms with Gasteiger partial charge >= 0.3 is 5.97 Å². The lowest BCUT2D eigenvalue weighted by atomic mass is 9.80. The molecule has 3 atom stereocenters. The van der Waals surface area contributed by atoms with Crippen LogP contribution in [0.5, 0.6) is 0 Å². The number of carbonyl (C=O) groups is 3. The van der Waals surface area contributed by atoms with Gasteiger partial charge in [-0.2, -0.15) is 0 Å². The van der Waals surface area contributed by atoms with Gasteiger partial charge in [-0.1, -0.05) is 0 Å². The summed E-state index contributed by atoms with van der Waals surface area (Å²) in [6.45, 7) is 2.79. The Kier molecular flexibility index (Phi) is 4.55. The number of piperidine rings is 1. The molecule has 3 fully saturated rings. The highest BCUT2D eigenvalue weighted by molar-refractivity contribution is 8.01. The molecule has 24 heavy (non-hydrogen) atoms. The highest BCUT2D eigenvalue weighted by Crippen LogP contribution is 2.47. The third kappa shape index (κ3) is 2.69. The predicted octanol–water partition coefficient (Wildman–Crippen LogP) is 0.780. The summed E-state index contributed by atoms with van der Waals surface area (Å²) in [6, 6.07) is -0.470. The largest absolute Gasteiger partial charge is 0.481 e. The Hall–Kier alpha value is -1.28. The Morgan fingerprint density at radius 1 is 1.42 bits per heavy atom. The Morgan fingerprint density at radius 3 is 2.83 bits per heavy atom. The fourth-order valence-corrected chi connectivity index (χ4v) is 5.59. The first-order valence-electron chi connectivity index (χ1n) is 8.30. The lowest BCUT2D eigenvalue weighted by Gasteiger charge is -2.41. The molecule has 134 valence electrons. The molecular formula is C16H24N2O5S. The minimum Gasteiger partial charge on any atom is -0.481 e. The quantitative estimate of drug-likeness (QED) is 0.801. The Bertz CT molecular complexity index is 567. The summed E-state index contributed by atoms with van der Waals surface area (Å²) in [5.41, 5.74) is -1.05. The average molecular weight is 356 g/mol. The molecule has 0 aromatic rings. The van der Waals surface area contributed by atoms with Gasteiger partial charge in [-0.15, -0.1) is 11.8 Å². The zero-order valence-electron chi connectivity index (χ0n) is 14.1. The van der Waals surface area contributed by atoms with Crippen molar-refractivity contribution in [2.24, 2.45) is 5.41 Å². The van der Waals surface area contributed by atoms with E-state index in [1.807, 2.05) is 6.92 Å². The summed E-state index contributed by atoms with van der Waals surface area (Å²) in [5, 5.41) is 9.63. The molecule has 2 amide bonds. The topological polar surface area (TPSA) is 87.1 Å². The van der Waals surface area contributed by atoms with Gasteiger partial charge in [0.2, 0.25) is 11.8 Å². The van der Waals surface area contributed by atoms with Crippen LogP contribution in [0, 0.1) is 5.41 Å². The molecule has 3 aliphatic rings. The molecule has 0 radical (unpaired) electrons. The van der Waals surface area contributed by atoms with E-state index < -0.39 is 17.4 Å². The van der Waals surface area contributed by atoms with Crippen LogP contribution in [0.1, 0.15) is 32.6 Å². The van der Waals surface area contributed by atoms with Crippen molar-refractivity contribution in [3.63, 3.8) is 0 Å². The van der Waals surface area contributed by atoms with Crippen LogP contribution in [0.15, 0.2) is 0 Å². The van der Waals surface area contributed by atoms with E-state index in [-0.39, 0.29) is 29.8 Å². The highest BCUT2D eigenvalue weighted by atomic mass is 32.2. The second-order valence-corrected chi connectivity index (χ2v) is 8.65. The van der Waals surface area contributed by atoms with Crippen molar-refractivity contribution in [2.75, 3.05) is 32.6 Å². The molecule has 0 bridgehead atoms. The van der Waals surface area contributed by atoms with Crippen molar-refractivity contribution in [1.82, 2.24) is 9.80 Å². The molecule has 1 N–H and O–H groups in total. The molecule has 0 aromatic heterocycles. The van der Waals surface area contributed by atoms with E-state index in [1.165, 1.54) is 7.11 Å². The summed E-state index contributed by atoms with van der Waals surface area (Å²) in [7, 11) is 1.48. The van der Waals surface area contributed by atoms with Crippen molar-refractivity contribution in [2.45, 2.75) is 43.5 Å². The molecule has 3 unspecified atom stereocenters. The Morgan fingerprint density at radius 2 is 2.17 bits per heavy atom. The number of amides is 2. The number of methoxy groups -OCH3 is 1. The van der Waals surface area contributed by atoms with E-state index in [0.29, 0.717) is 31.6 Å². The molecule has 3 aliphatic heterocycles. The highest BCUT2D eigenvalue weighted by Gasteiger charge is 2.54. The SMILES string of the molecule is COCC1(C(=O)O)CCCN(C(=O)C2CSC3(C)CCC(=O)N23)C1. The lowest BCUT2D eigenvalue weighted by Crippen LogP contribution is -2.57. The fourth-order valence-electron chi connectivity index (χ4n) is 4.16. The lowest BCUT2D eigenvalue weighted by molar-refractivity contribution is -0.161. The number of fused-ring (bicyclic) bond motifs is 1. The van der Waals surface area contributed by atoms with Gasteiger partial charge in [0.15, 0.2) is 0 Å². The number of thioether (sulfide) groups is 1. The predicted molar refractivity (Wildman–Crippen MR) is 88.5 cm³/mol. The Balaban J connectivity index is 1.78. The molecule has 3 saturated heterocycles. The summed E-state index contributed by atoms with van der Waals surface area (Å²) >= 11 is 1.65. The first kappa shape index (κ1) is 17.5. The normalized spacial score (nSPS) is 36.1. The van der Waals surface area contributed by atoms with Crippen molar-refractivity contribution in [1.29, 1.82) is 0 Å². The minimum absolute atomic E-state index is 0.0271. The van der Waals surface area contributed by atoms with Crippen molar-refractivity contribution in [3.8, 4) is 0 Å². The summed E-state index contributed by atoms with van der Waals surface area (Å²) in [6.07, 6.45) is 2.38. The van der Waals surface area contributed by atoms with Gasteiger partial charge < -0.3 is 19.6 Å². The number of ether oxygens (including phenoxy) is 1. The molecule has 0 saturated carbocycles. The molecular weight excluding hydrogens is 332 g/mol.